The molecule has 1 aliphatic rings. The van der Waals surface area contributed by atoms with Gasteiger partial charge >= 0.3 is 5.97 Å². The van der Waals surface area contributed by atoms with Gasteiger partial charge in [0.1, 0.15) is 5.75 Å². The number of esters is 1. The molecule has 0 fully saturated rings. The van der Waals surface area contributed by atoms with Crippen LogP contribution < -0.4 is 10.1 Å². The number of benzene rings is 2. The number of hydrogen-bond acceptors (Lipinski definition) is 4. The number of hydrogen-bond donors (Lipinski definition) is 1. The third kappa shape index (κ3) is 3.55. The van der Waals surface area contributed by atoms with Crippen molar-refractivity contribution >= 4 is 29.7 Å². The zero-order chi connectivity index (χ0) is 18.0. The monoisotopic (exact) mass is 337 g/mol. The van der Waals surface area contributed by atoms with Gasteiger partial charge in [-0.1, -0.05) is 18.2 Å². The first-order valence-electron chi connectivity index (χ1n) is 7.92. The lowest BCUT2D eigenvalue weighted by molar-refractivity contribution is -0.118. The Bertz CT molecular complexity index is 884. The quantitative estimate of drug-likeness (QED) is 0.687. The van der Waals surface area contributed by atoms with Crippen molar-refractivity contribution < 1.29 is 19.1 Å². The zero-order valence-electron chi connectivity index (χ0n) is 14.4. The normalized spacial score (nSPS) is 13.2. The maximum Gasteiger partial charge on any atom is 0.337 e. The smallest absolute Gasteiger partial charge is 0.337 e. The molecule has 0 unspecified atom stereocenters. The van der Waals surface area contributed by atoms with Crippen LogP contribution in [0.3, 0.4) is 0 Å². The average molecular weight is 337 g/mol. The summed E-state index contributed by atoms with van der Waals surface area (Å²) in [5, 5.41) is 2.83. The van der Waals surface area contributed by atoms with Gasteiger partial charge in [0.05, 0.1) is 18.4 Å². The Morgan fingerprint density at radius 2 is 1.96 bits per heavy atom. The lowest BCUT2D eigenvalue weighted by atomic mass is 10.0. The number of anilines is 1. The molecular formula is C20H19NO4. The molecule has 1 heterocycles. The number of carbonyl (C=O) groups excluding carboxylic acids is 2. The highest BCUT2D eigenvalue weighted by atomic mass is 16.5. The van der Waals surface area contributed by atoms with Crippen molar-refractivity contribution in [3.05, 3.63) is 58.1 Å². The summed E-state index contributed by atoms with van der Waals surface area (Å²) in [5.41, 5.74) is 5.12. The number of aryl methyl sites for hydroxylation is 2. The van der Waals surface area contributed by atoms with E-state index >= 15 is 0 Å². The number of fused-ring (bicyclic) bond motifs is 1. The Kier molecular flexibility index (Phi) is 4.57. The molecule has 0 aliphatic carbocycles. The molecule has 128 valence electrons. The van der Waals surface area contributed by atoms with Crippen LogP contribution in [0.15, 0.2) is 30.3 Å². The molecule has 0 aromatic heterocycles. The van der Waals surface area contributed by atoms with Crippen LogP contribution >= 0.6 is 0 Å². The molecule has 3 rings (SSSR count). The predicted molar refractivity (Wildman–Crippen MR) is 96.8 cm³/mol. The number of methoxy groups -OCH3 is 1. The summed E-state index contributed by atoms with van der Waals surface area (Å²) in [6, 6.07) is 9.32. The fraction of sp³-hybridized carbons (Fsp3) is 0.200. The van der Waals surface area contributed by atoms with E-state index in [9.17, 15) is 9.59 Å². The van der Waals surface area contributed by atoms with Crippen molar-refractivity contribution in [2.75, 3.05) is 19.0 Å². The summed E-state index contributed by atoms with van der Waals surface area (Å²) in [6.07, 6.45) is 3.94. The second-order valence-electron chi connectivity index (χ2n) is 5.95. The third-order valence-electron chi connectivity index (χ3n) is 4.06. The van der Waals surface area contributed by atoms with Crippen LogP contribution in [-0.2, 0) is 9.53 Å². The first kappa shape index (κ1) is 16.8. The van der Waals surface area contributed by atoms with Crippen LogP contribution in [-0.4, -0.2) is 25.6 Å². The largest absolute Gasteiger partial charge is 0.481 e. The molecule has 0 spiro atoms. The van der Waals surface area contributed by atoms with Crippen LogP contribution in [0.4, 0.5) is 5.69 Å². The van der Waals surface area contributed by atoms with E-state index in [1.165, 1.54) is 7.11 Å². The third-order valence-corrected chi connectivity index (χ3v) is 4.06. The molecule has 5 heteroatoms. The average Bonchev–Trinajstić information content (AvgIpc) is 2.59. The Hall–Kier alpha value is -3.08. The minimum absolute atomic E-state index is 0.0504. The Morgan fingerprint density at radius 3 is 2.68 bits per heavy atom. The summed E-state index contributed by atoms with van der Waals surface area (Å²) in [6.45, 7) is 3.94. The van der Waals surface area contributed by atoms with Crippen molar-refractivity contribution in [1.29, 1.82) is 0 Å². The number of rotatable bonds is 3. The van der Waals surface area contributed by atoms with Gasteiger partial charge in [0.2, 0.25) is 0 Å². The summed E-state index contributed by atoms with van der Waals surface area (Å²) >= 11 is 0. The molecule has 25 heavy (non-hydrogen) atoms. The van der Waals surface area contributed by atoms with Crippen LogP contribution in [0.2, 0.25) is 0 Å². The topological polar surface area (TPSA) is 64.6 Å². The molecule has 2 aromatic rings. The van der Waals surface area contributed by atoms with E-state index in [2.05, 4.69) is 5.32 Å². The molecule has 0 bridgehead atoms. The van der Waals surface area contributed by atoms with Crippen molar-refractivity contribution in [1.82, 2.24) is 0 Å². The van der Waals surface area contributed by atoms with Crippen LogP contribution in [0.1, 0.15) is 32.6 Å². The maximum absolute atomic E-state index is 11.6. The van der Waals surface area contributed by atoms with Gasteiger partial charge in [-0.2, -0.15) is 0 Å². The maximum atomic E-state index is 11.6. The predicted octanol–water partition coefficient (Wildman–Crippen LogP) is 3.59. The molecule has 0 atom stereocenters. The van der Waals surface area contributed by atoms with Crippen LogP contribution in [0.25, 0.3) is 12.2 Å². The molecule has 1 amide bonds. The Balaban J connectivity index is 1.87. The highest BCUT2D eigenvalue weighted by molar-refractivity contribution is 5.96. The second-order valence-corrected chi connectivity index (χ2v) is 5.95. The standard InChI is InChI=1S/C20H19NO4/c1-12-9-16(20(23)24-3)7-6-15(12)5-4-14-8-13(2)19-17(10-14)21-18(22)11-25-19/h4-10H,11H2,1-3H3,(H,21,22)/b5-4+. The molecule has 5 nitrogen and oxygen atoms in total. The number of ether oxygens (including phenoxy) is 2. The zero-order valence-corrected chi connectivity index (χ0v) is 14.4. The van der Waals surface area contributed by atoms with Gasteiger partial charge in [0.25, 0.3) is 5.91 Å². The van der Waals surface area contributed by atoms with E-state index in [1.54, 1.807) is 12.1 Å². The first-order chi connectivity index (χ1) is 12.0. The van der Waals surface area contributed by atoms with E-state index in [-0.39, 0.29) is 18.5 Å². The number of amides is 1. The van der Waals surface area contributed by atoms with Crippen molar-refractivity contribution in [2.45, 2.75) is 13.8 Å². The summed E-state index contributed by atoms with van der Waals surface area (Å²) < 4.78 is 10.2. The molecule has 0 saturated carbocycles. The van der Waals surface area contributed by atoms with Gasteiger partial charge < -0.3 is 14.8 Å². The molecule has 2 aromatic carbocycles. The van der Waals surface area contributed by atoms with Gasteiger partial charge in [0, 0.05) is 0 Å². The highest BCUT2D eigenvalue weighted by Crippen LogP contribution is 2.33. The molecular weight excluding hydrogens is 318 g/mol. The minimum Gasteiger partial charge on any atom is -0.481 e. The fourth-order valence-corrected chi connectivity index (χ4v) is 2.80. The molecule has 0 radical (unpaired) electrons. The SMILES string of the molecule is COC(=O)c1ccc(/C=C/c2cc(C)c3c(c2)NC(=O)CO3)c(C)c1. The molecule has 1 aliphatic heterocycles. The van der Waals surface area contributed by atoms with Gasteiger partial charge in [-0.05, 0) is 60.4 Å². The van der Waals surface area contributed by atoms with E-state index < -0.39 is 0 Å². The van der Waals surface area contributed by atoms with Gasteiger partial charge in [-0.3, -0.25) is 4.79 Å². The second kappa shape index (κ2) is 6.81. The van der Waals surface area contributed by atoms with Crippen LogP contribution in [0, 0.1) is 13.8 Å². The number of carbonyl (C=O) groups is 2. The highest BCUT2D eigenvalue weighted by Gasteiger charge is 2.18. The van der Waals surface area contributed by atoms with E-state index in [0.717, 1.165) is 28.0 Å². The van der Waals surface area contributed by atoms with E-state index in [0.29, 0.717) is 11.3 Å². The molecule has 1 N–H and O–H groups in total. The Labute approximate surface area is 146 Å². The first-order valence-corrected chi connectivity index (χ1v) is 7.92. The van der Waals surface area contributed by atoms with Crippen molar-refractivity contribution in [2.24, 2.45) is 0 Å². The number of nitrogens with one attached hydrogen (secondary N) is 1. The van der Waals surface area contributed by atoms with E-state index in [1.807, 2.05) is 44.2 Å². The fourth-order valence-electron chi connectivity index (χ4n) is 2.80. The van der Waals surface area contributed by atoms with Gasteiger partial charge in [0.15, 0.2) is 6.61 Å². The molecule has 0 saturated heterocycles. The lowest BCUT2D eigenvalue weighted by Crippen LogP contribution is -2.25. The summed E-state index contributed by atoms with van der Waals surface area (Å²) in [5.74, 6) is 0.220. The van der Waals surface area contributed by atoms with Gasteiger partial charge in [-0.15, -0.1) is 0 Å². The lowest BCUT2D eigenvalue weighted by Gasteiger charge is -2.20. The summed E-state index contributed by atoms with van der Waals surface area (Å²) in [7, 11) is 1.37. The summed E-state index contributed by atoms with van der Waals surface area (Å²) in [4.78, 5) is 23.1. The minimum atomic E-state index is -0.348. The van der Waals surface area contributed by atoms with Gasteiger partial charge in [-0.25, -0.2) is 4.79 Å². The van der Waals surface area contributed by atoms with E-state index in [4.69, 9.17) is 9.47 Å². The Morgan fingerprint density at radius 1 is 1.16 bits per heavy atom. The van der Waals surface area contributed by atoms with Crippen LogP contribution in [0.5, 0.6) is 5.75 Å². The van der Waals surface area contributed by atoms with Crippen molar-refractivity contribution in [3.63, 3.8) is 0 Å². The van der Waals surface area contributed by atoms with Crippen molar-refractivity contribution in [3.8, 4) is 5.75 Å².